The van der Waals surface area contributed by atoms with E-state index >= 15 is 0 Å². The van der Waals surface area contributed by atoms with Gasteiger partial charge in [0.15, 0.2) is 0 Å². The second kappa shape index (κ2) is 6.35. The van der Waals surface area contributed by atoms with Gasteiger partial charge in [0.2, 0.25) is 5.95 Å². The van der Waals surface area contributed by atoms with Crippen LogP contribution in [0.2, 0.25) is 0 Å². The number of hydrogen-bond acceptors (Lipinski definition) is 4. The number of unbranched alkanes of at least 4 members (excludes halogenated alkanes) is 1. The van der Waals surface area contributed by atoms with E-state index in [-0.39, 0.29) is 6.04 Å². The monoisotopic (exact) mass is 208 g/mol. The van der Waals surface area contributed by atoms with Crippen LogP contribution in [0.15, 0.2) is 12.3 Å². The van der Waals surface area contributed by atoms with Crippen molar-refractivity contribution in [1.82, 2.24) is 9.97 Å². The number of nitrogens with two attached hydrogens (primary N) is 1. The number of anilines is 1. The van der Waals surface area contributed by atoms with Crippen molar-refractivity contribution in [2.45, 2.75) is 39.2 Å². The van der Waals surface area contributed by atoms with Gasteiger partial charge in [-0.1, -0.05) is 19.8 Å². The molecule has 0 bridgehead atoms. The summed E-state index contributed by atoms with van der Waals surface area (Å²) in [5.41, 5.74) is 6.65. The van der Waals surface area contributed by atoms with Crippen LogP contribution in [0.1, 0.15) is 31.9 Å². The van der Waals surface area contributed by atoms with Crippen molar-refractivity contribution in [2.24, 2.45) is 5.73 Å². The first kappa shape index (κ1) is 11.9. The summed E-state index contributed by atoms with van der Waals surface area (Å²) in [4.78, 5) is 8.45. The zero-order valence-electron chi connectivity index (χ0n) is 9.53. The van der Waals surface area contributed by atoms with Gasteiger partial charge in [-0.25, -0.2) is 9.97 Å². The second-order valence-corrected chi connectivity index (χ2v) is 3.74. The fraction of sp³-hybridized carbons (Fsp3) is 0.636. The Bertz CT molecular complexity index is 288. The van der Waals surface area contributed by atoms with Gasteiger partial charge in [-0.05, 0) is 19.4 Å². The largest absolute Gasteiger partial charge is 0.350 e. The maximum absolute atomic E-state index is 5.68. The molecule has 1 heterocycles. The molecule has 84 valence electrons. The molecule has 0 saturated carbocycles. The summed E-state index contributed by atoms with van der Waals surface area (Å²) in [6.07, 6.45) is 5.20. The molecule has 0 aromatic carbocycles. The Morgan fingerprint density at radius 3 is 2.93 bits per heavy atom. The van der Waals surface area contributed by atoms with Gasteiger partial charge in [-0.2, -0.15) is 0 Å². The van der Waals surface area contributed by atoms with Crippen molar-refractivity contribution in [3.8, 4) is 0 Å². The molecule has 1 aromatic heterocycles. The van der Waals surface area contributed by atoms with E-state index in [1.54, 1.807) is 6.20 Å². The summed E-state index contributed by atoms with van der Waals surface area (Å²) < 4.78 is 0. The highest BCUT2D eigenvalue weighted by Gasteiger charge is 2.06. The predicted molar refractivity (Wildman–Crippen MR) is 62.8 cm³/mol. The molecule has 4 heteroatoms. The molecule has 1 unspecified atom stereocenters. The van der Waals surface area contributed by atoms with Gasteiger partial charge in [0.1, 0.15) is 0 Å². The van der Waals surface area contributed by atoms with Crippen LogP contribution in [0.25, 0.3) is 0 Å². The summed E-state index contributed by atoms with van der Waals surface area (Å²) >= 11 is 0. The molecule has 0 saturated heterocycles. The Labute approximate surface area is 91.3 Å². The standard InChI is InChI=1S/C11H20N4/c1-3-4-5-10(8-12)15-11-13-7-6-9(2)14-11/h6-7,10H,3-5,8,12H2,1-2H3,(H,13,14,15). The van der Waals surface area contributed by atoms with E-state index in [1.165, 1.54) is 12.8 Å². The molecule has 3 N–H and O–H groups in total. The van der Waals surface area contributed by atoms with Crippen molar-refractivity contribution in [3.05, 3.63) is 18.0 Å². The average Bonchev–Trinajstić information content (AvgIpc) is 2.24. The minimum absolute atomic E-state index is 0.284. The Kier molecular flexibility index (Phi) is 5.04. The first-order valence-electron chi connectivity index (χ1n) is 5.52. The Morgan fingerprint density at radius 1 is 1.53 bits per heavy atom. The summed E-state index contributed by atoms with van der Waals surface area (Å²) in [6, 6.07) is 2.17. The van der Waals surface area contributed by atoms with E-state index in [1.807, 2.05) is 13.0 Å². The highest BCUT2D eigenvalue weighted by Crippen LogP contribution is 2.06. The Hall–Kier alpha value is -1.16. The molecule has 15 heavy (non-hydrogen) atoms. The third-order valence-electron chi connectivity index (χ3n) is 2.32. The van der Waals surface area contributed by atoms with E-state index in [2.05, 4.69) is 22.2 Å². The zero-order chi connectivity index (χ0) is 11.1. The van der Waals surface area contributed by atoms with E-state index < -0.39 is 0 Å². The molecule has 1 aromatic rings. The molecular formula is C11H20N4. The normalized spacial score (nSPS) is 12.5. The molecule has 0 aliphatic carbocycles. The van der Waals surface area contributed by atoms with Crippen LogP contribution >= 0.6 is 0 Å². The van der Waals surface area contributed by atoms with Crippen molar-refractivity contribution in [1.29, 1.82) is 0 Å². The smallest absolute Gasteiger partial charge is 0.223 e. The van der Waals surface area contributed by atoms with Crippen LogP contribution in [-0.2, 0) is 0 Å². The number of aryl methyl sites for hydroxylation is 1. The number of hydrogen-bond donors (Lipinski definition) is 2. The highest BCUT2D eigenvalue weighted by molar-refractivity contribution is 5.26. The van der Waals surface area contributed by atoms with E-state index in [0.717, 1.165) is 12.1 Å². The van der Waals surface area contributed by atoms with Crippen LogP contribution in [0.4, 0.5) is 5.95 Å². The minimum Gasteiger partial charge on any atom is -0.350 e. The molecule has 0 fully saturated rings. The first-order chi connectivity index (χ1) is 7.26. The molecule has 1 rings (SSSR count). The van der Waals surface area contributed by atoms with Gasteiger partial charge in [0, 0.05) is 24.5 Å². The van der Waals surface area contributed by atoms with Gasteiger partial charge in [0.25, 0.3) is 0 Å². The number of aromatic nitrogens is 2. The lowest BCUT2D eigenvalue weighted by Gasteiger charge is -2.16. The van der Waals surface area contributed by atoms with E-state index in [4.69, 9.17) is 5.73 Å². The van der Waals surface area contributed by atoms with E-state index in [0.29, 0.717) is 12.5 Å². The summed E-state index contributed by atoms with van der Waals surface area (Å²) in [7, 11) is 0. The molecule has 1 atom stereocenters. The molecular weight excluding hydrogens is 188 g/mol. The maximum Gasteiger partial charge on any atom is 0.223 e. The topological polar surface area (TPSA) is 63.8 Å². The number of rotatable bonds is 6. The van der Waals surface area contributed by atoms with Crippen LogP contribution in [0.3, 0.4) is 0 Å². The molecule has 4 nitrogen and oxygen atoms in total. The average molecular weight is 208 g/mol. The van der Waals surface area contributed by atoms with Crippen LogP contribution in [0.5, 0.6) is 0 Å². The van der Waals surface area contributed by atoms with Gasteiger partial charge in [0.05, 0.1) is 0 Å². The predicted octanol–water partition coefficient (Wildman–Crippen LogP) is 1.71. The summed E-state index contributed by atoms with van der Waals surface area (Å²) in [5.74, 6) is 0.682. The number of nitrogens with zero attached hydrogens (tertiary/aromatic N) is 2. The SMILES string of the molecule is CCCCC(CN)Nc1nccc(C)n1. The lowest BCUT2D eigenvalue weighted by molar-refractivity contribution is 0.610. The van der Waals surface area contributed by atoms with Gasteiger partial charge in [-0.15, -0.1) is 0 Å². The third kappa shape index (κ3) is 4.25. The lowest BCUT2D eigenvalue weighted by Crippen LogP contribution is -2.29. The highest BCUT2D eigenvalue weighted by atomic mass is 15.1. The van der Waals surface area contributed by atoms with E-state index in [9.17, 15) is 0 Å². The molecule has 0 aliphatic rings. The van der Waals surface area contributed by atoms with Crippen LogP contribution in [0, 0.1) is 6.92 Å². The Morgan fingerprint density at radius 2 is 2.33 bits per heavy atom. The quantitative estimate of drug-likeness (QED) is 0.747. The fourth-order valence-electron chi connectivity index (χ4n) is 1.40. The summed E-state index contributed by atoms with van der Waals surface area (Å²) in [6.45, 7) is 4.75. The van der Waals surface area contributed by atoms with Gasteiger partial charge in [-0.3, -0.25) is 0 Å². The minimum atomic E-state index is 0.284. The maximum atomic E-state index is 5.68. The van der Waals surface area contributed by atoms with Gasteiger partial charge < -0.3 is 11.1 Å². The van der Waals surface area contributed by atoms with Crippen molar-refractivity contribution in [2.75, 3.05) is 11.9 Å². The van der Waals surface area contributed by atoms with Crippen molar-refractivity contribution < 1.29 is 0 Å². The molecule has 0 radical (unpaired) electrons. The molecule has 0 aliphatic heterocycles. The van der Waals surface area contributed by atoms with Crippen molar-refractivity contribution >= 4 is 5.95 Å². The first-order valence-corrected chi connectivity index (χ1v) is 5.52. The fourth-order valence-corrected chi connectivity index (χ4v) is 1.40. The second-order valence-electron chi connectivity index (χ2n) is 3.74. The molecule has 0 spiro atoms. The third-order valence-corrected chi connectivity index (χ3v) is 2.32. The summed E-state index contributed by atoms with van der Waals surface area (Å²) in [5, 5.41) is 3.26. The zero-order valence-corrected chi connectivity index (χ0v) is 9.53. The molecule has 0 amide bonds. The van der Waals surface area contributed by atoms with Crippen LogP contribution < -0.4 is 11.1 Å². The van der Waals surface area contributed by atoms with Crippen molar-refractivity contribution in [3.63, 3.8) is 0 Å². The van der Waals surface area contributed by atoms with Gasteiger partial charge >= 0.3 is 0 Å². The lowest BCUT2D eigenvalue weighted by atomic mass is 10.1. The number of nitrogens with one attached hydrogen (secondary N) is 1. The Balaban J connectivity index is 2.50. The van der Waals surface area contributed by atoms with Crippen LogP contribution in [-0.4, -0.2) is 22.6 Å².